The molecule has 0 rings (SSSR count). The second-order valence-corrected chi connectivity index (χ2v) is 4.16. The van der Waals surface area contributed by atoms with Gasteiger partial charge in [-0.2, -0.15) is 0 Å². The van der Waals surface area contributed by atoms with E-state index < -0.39 is 0 Å². The van der Waals surface area contributed by atoms with Crippen LogP contribution in [0, 0.1) is 5.41 Å². The molecule has 0 atom stereocenters. The molecule has 0 aliphatic carbocycles. The van der Waals surface area contributed by atoms with E-state index in [0.717, 1.165) is 6.54 Å². The number of carbonyl (C=O) groups excluding carboxylic acids is 1. The summed E-state index contributed by atoms with van der Waals surface area (Å²) in [5.74, 6) is 0.222. The van der Waals surface area contributed by atoms with Crippen LogP contribution in [0.3, 0.4) is 0 Å². The van der Waals surface area contributed by atoms with E-state index in [9.17, 15) is 4.79 Å². The molecule has 0 aromatic carbocycles. The standard InChI is InChI=1S/C9H19NO/c1-6-8(11)10(5)7-9(2,3)4/h6-7H2,1-5H3. The number of nitrogens with zero attached hydrogens (tertiary/aromatic N) is 1. The molecule has 2 heteroatoms. The summed E-state index contributed by atoms with van der Waals surface area (Å²) < 4.78 is 0. The summed E-state index contributed by atoms with van der Waals surface area (Å²) in [7, 11) is 1.86. The maximum atomic E-state index is 11.1. The van der Waals surface area contributed by atoms with Gasteiger partial charge in [0.25, 0.3) is 0 Å². The molecule has 2 nitrogen and oxygen atoms in total. The van der Waals surface area contributed by atoms with Crippen molar-refractivity contribution in [1.82, 2.24) is 4.90 Å². The highest BCUT2D eigenvalue weighted by atomic mass is 16.2. The van der Waals surface area contributed by atoms with Gasteiger partial charge < -0.3 is 4.90 Å². The van der Waals surface area contributed by atoms with E-state index in [4.69, 9.17) is 0 Å². The topological polar surface area (TPSA) is 20.3 Å². The smallest absolute Gasteiger partial charge is 0.222 e. The molecule has 0 saturated heterocycles. The minimum atomic E-state index is 0.208. The van der Waals surface area contributed by atoms with Crippen molar-refractivity contribution in [2.75, 3.05) is 13.6 Å². The molecule has 0 saturated carbocycles. The van der Waals surface area contributed by atoms with Gasteiger partial charge in [0.05, 0.1) is 0 Å². The van der Waals surface area contributed by atoms with Gasteiger partial charge >= 0.3 is 0 Å². The fraction of sp³-hybridized carbons (Fsp3) is 0.889. The normalized spacial score (nSPS) is 11.4. The Morgan fingerprint density at radius 2 is 1.82 bits per heavy atom. The van der Waals surface area contributed by atoms with Crippen LogP contribution in [0.5, 0.6) is 0 Å². The van der Waals surface area contributed by atoms with E-state index in [2.05, 4.69) is 20.8 Å². The van der Waals surface area contributed by atoms with Crippen molar-refractivity contribution in [1.29, 1.82) is 0 Å². The molecule has 0 aromatic rings. The lowest BCUT2D eigenvalue weighted by molar-refractivity contribution is -0.130. The molecule has 0 aliphatic rings. The molecule has 66 valence electrons. The lowest BCUT2D eigenvalue weighted by Gasteiger charge is -2.26. The lowest BCUT2D eigenvalue weighted by atomic mass is 9.96. The zero-order valence-electron chi connectivity index (χ0n) is 8.27. The molecule has 0 fully saturated rings. The summed E-state index contributed by atoms with van der Waals surface area (Å²) in [6, 6.07) is 0. The van der Waals surface area contributed by atoms with E-state index in [-0.39, 0.29) is 11.3 Å². The van der Waals surface area contributed by atoms with Gasteiger partial charge in [-0.3, -0.25) is 4.79 Å². The Morgan fingerprint density at radius 3 is 2.09 bits per heavy atom. The first-order valence-corrected chi connectivity index (χ1v) is 4.11. The average molecular weight is 157 g/mol. The van der Waals surface area contributed by atoms with Crippen molar-refractivity contribution >= 4 is 5.91 Å². The van der Waals surface area contributed by atoms with Gasteiger partial charge in [0.15, 0.2) is 0 Å². The first-order valence-electron chi connectivity index (χ1n) is 4.11. The monoisotopic (exact) mass is 157 g/mol. The van der Waals surface area contributed by atoms with Crippen LogP contribution in [0.25, 0.3) is 0 Å². The number of hydrogen-bond acceptors (Lipinski definition) is 1. The van der Waals surface area contributed by atoms with E-state index in [1.54, 1.807) is 4.90 Å². The SMILES string of the molecule is CCC(=O)N(C)CC(C)(C)C. The van der Waals surface area contributed by atoms with Gasteiger partial charge in [-0.25, -0.2) is 0 Å². The zero-order chi connectivity index (χ0) is 9.07. The third-order valence-corrected chi connectivity index (χ3v) is 1.44. The Kier molecular flexibility index (Phi) is 3.56. The van der Waals surface area contributed by atoms with E-state index in [1.807, 2.05) is 14.0 Å². The van der Waals surface area contributed by atoms with E-state index in [1.165, 1.54) is 0 Å². The molecule has 0 aliphatic heterocycles. The van der Waals surface area contributed by atoms with Crippen LogP contribution in [0.2, 0.25) is 0 Å². The summed E-state index contributed by atoms with van der Waals surface area (Å²) in [5, 5.41) is 0. The Morgan fingerprint density at radius 1 is 1.36 bits per heavy atom. The third-order valence-electron chi connectivity index (χ3n) is 1.44. The minimum Gasteiger partial charge on any atom is -0.345 e. The molecule has 0 radical (unpaired) electrons. The van der Waals surface area contributed by atoms with Gasteiger partial charge in [0.1, 0.15) is 0 Å². The Hall–Kier alpha value is -0.530. The zero-order valence-corrected chi connectivity index (χ0v) is 8.27. The van der Waals surface area contributed by atoms with E-state index >= 15 is 0 Å². The van der Waals surface area contributed by atoms with Crippen LogP contribution in [0.1, 0.15) is 34.1 Å². The number of rotatable bonds is 2. The molecule has 1 amide bonds. The number of hydrogen-bond donors (Lipinski definition) is 0. The van der Waals surface area contributed by atoms with Crippen molar-refractivity contribution in [2.24, 2.45) is 5.41 Å². The predicted octanol–water partition coefficient (Wildman–Crippen LogP) is 1.90. The molecule has 0 unspecified atom stereocenters. The third kappa shape index (κ3) is 4.82. The Labute approximate surface area is 69.6 Å². The summed E-state index contributed by atoms with van der Waals surface area (Å²) in [5.41, 5.74) is 0.208. The maximum Gasteiger partial charge on any atom is 0.222 e. The number of amides is 1. The lowest BCUT2D eigenvalue weighted by Crippen LogP contribution is -2.33. The van der Waals surface area contributed by atoms with Crippen LogP contribution >= 0.6 is 0 Å². The largest absolute Gasteiger partial charge is 0.345 e. The van der Waals surface area contributed by atoms with Crippen LogP contribution in [0.4, 0.5) is 0 Å². The van der Waals surface area contributed by atoms with Gasteiger partial charge in [-0.1, -0.05) is 27.7 Å². The van der Waals surface area contributed by atoms with Crippen molar-refractivity contribution in [2.45, 2.75) is 34.1 Å². The van der Waals surface area contributed by atoms with E-state index in [0.29, 0.717) is 6.42 Å². The van der Waals surface area contributed by atoms with Crippen molar-refractivity contribution in [3.8, 4) is 0 Å². The summed E-state index contributed by atoms with van der Waals surface area (Å²) in [6.07, 6.45) is 0.604. The highest BCUT2D eigenvalue weighted by molar-refractivity contribution is 5.75. The van der Waals surface area contributed by atoms with Gasteiger partial charge in [-0.05, 0) is 5.41 Å². The molecule has 0 spiro atoms. The summed E-state index contributed by atoms with van der Waals surface area (Å²) >= 11 is 0. The molecule has 11 heavy (non-hydrogen) atoms. The van der Waals surface area contributed by atoms with Crippen LogP contribution in [0.15, 0.2) is 0 Å². The van der Waals surface area contributed by atoms with Crippen molar-refractivity contribution < 1.29 is 4.79 Å². The first-order chi connectivity index (χ1) is 4.87. The quantitative estimate of drug-likeness (QED) is 0.599. The molecule has 0 N–H and O–H groups in total. The van der Waals surface area contributed by atoms with Gasteiger partial charge in [0.2, 0.25) is 5.91 Å². The fourth-order valence-corrected chi connectivity index (χ4v) is 1.07. The Bertz CT molecular complexity index is 135. The van der Waals surface area contributed by atoms with Crippen molar-refractivity contribution in [3.05, 3.63) is 0 Å². The molecule has 0 heterocycles. The Balaban J connectivity index is 3.87. The van der Waals surface area contributed by atoms with Gasteiger partial charge in [-0.15, -0.1) is 0 Å². The predicted molar refractivity (Wildman–Crippen MR) is 47.4 cm³/mol. The van der Waals surface area contributed by atoms with Crippen LogP contribution in [-0.2, 0) is 4.79 Å². The molecular weight excluding hydrogens is 138 g/mol. The van der Waals surface area contributed by atoms with Gasteiger partial charge in [0, 0.05) is 20.0 Å². The number of carbonyl (C=O) groups is 1. The minimum absolute atomic E-state index is 0.208. The highest BCUT2D eigenvalue weighted by Gasteiger charge is 2.15. The summed E-state index contributed by atoms with van der Waals surface area (Å²) in [6.45, 7) is 9.12. The maximum absolute atomic E-state index is 11.1. The molecule has 0 bridgehead atoms. The molecular formula is C9H19NO. The average Bonchev–Trinajstić information content (AvgIpc) is 1.82. The second kappa shape index (κ2) is 3.74. The molecule has 0 aromatic heterocycles. The summed E-state index contributed by atoms with van der Waals surface area (Å²) in [4.78, 5) is 12.9. The fourth-order valence-electron chi connectivity index (χ4n) is 1.07. The van der Waals surface area contributed by atoms with Crippen LogP contribution < -0.4 is 0 Å². The van der Waals surface area contributed by atoms with Crippen LogP contribution in [-0.4, -0.2) is 24.4 Å². The van der Waals surface area contributed by atoms with Crippen molar-refractivity contribution in [3.63, 3.8) is 0 Å². The first kappa shape index (κ1) is 10.5. The highest BCUT2D eigenvalue weighted by Crippen LogP contribution is 2.14. The second-order valence-electron chi connectivity index (χ2n) is 4.16.